The molecule has 3 aromatic rings. The number of furan rings is 1. The van der Waals surface area contributed by atoms with E-state index in [9.17, 15) is 0 Å². The third kappa shape index (κ3) is 2.51. The van der Waals surface area contributed by atoms with E-state index in [1.165, 1.54) is 11.1 Å². The minimum Gasteiger partial charge on any atom is -0.459 e. The molecule has 0 bridgehead atoms. The lowest BCUT2D eigenvalue weighted by Crippen LogP contribution is -2.16. The molecule has 1 aromatic heterocycles. The fraction of sp³-hybridized carbons (Fsp3) is 0.176. The van der Waals surface area contributed by atoms with E-state index in [1.807, 2.05) is 25.2 Å². The van der Waals surface area contributed by atoms with Gasteiger partial charge < -0.3 is 9.73 Å². The van der Waals surface area contributed by atoms with Gasteiger partial charge in [-0.05, 0) is 49.9 Å². The minimum absolute atomic E-state index is 0.0656. The quantitative estimate of drug-likeness (QED) is 0.745. The highest BCUT2D eigenvalue weighted by molar-refractivity contribution is 9.10. The van der Waals surface area contributed by atoms with Crippen LogP contribution in [0.2, 0.25) is 0 Å². The van der Waals surface area contributed by atoms with Crippen LogP contribution in [0.15, 0.2) is 57.4 Å². The summed E-state index contributed by atoms with van der Waals surface area (Å²) in [5.41, 5.74) is 3.36. The van der Waals surface area contributed by atoms with Gasteiger partial charge in [0, 0.05) is 9.86 Å². The maximum atomic E-state index is 5.99. The number of halogens is 1. The van der Waals surface area contributed by atoms with Crippen LogP contribution in [0.5, 0.6) is 0 Å². The van der Waals surface area contributed by atoms with Gasteiger partial charge >= 0.3 is 0 Å². The molecule has 20 heavy (non-hydrogen) atoms. The van der Waals surface area contributed by atoms with Crippen molar-refractivity contribution in [2.75, 3.05) is 7.05 Å². The molecule has 0 aliphatic carbocycles. The molecule has 0 aliphatic rings. The van der Waals surface area contributed by atoms with Crippen LogP contribution in [0.25, 0.3) is 11.0 Å². The zero-order chi connectivity index (χ0) is 14.1. The molecule has 102 valence electrons. The molecule has 0 aliphatic heterocycles. The Kier molecular flexibility index (Phi) is 3.64. The molecule has 2 nitrogen and oxygen atoms in total. The number of fused-ring (bicyclic) bond motifs is 1. The van der Waals surface area contributed by atoms with Gasteiger partial charge in [-0.25, -0.2) is 0 Å². The Morgan fingerprint density at radius 1 is 1.05 bits per heavy atom. The molecule has 0 fully saturated rings. The Labute approximate surface area is 126 Å². The van der Waals surface area contributed by atoms with Crippen molar-refractivity contribution in [3.8, 4) is 0 Å². The Morgan fingerprint density at radius 2 is 1.80 bits per heavy atom. The third-order valence-electron chi connectivity index (χ3n) is 3.47. The zero-order valence-electron chi connectivity index (χ0n) is 11.5. The smallest absolute Gasteiger partial charge is 0.134 e. The fourth-order valence-corrected chi connectivity index (χ4v) is 2.72. The number of aryl methyl sites for hydroxylation is 1. The third-order valence-corrected chi connectivity index (χ3v) is 4.00. The van der Waals surface area contributed by atoms with Gasteiger partial charge in [0.05, 0.1) is 6.04 Å². The standard InChI is InChI=1S/C17H16BrNO/c1-11-3-8-15-13(9-11)10-16(20-15)17(19-2)12-4-6-14(18)7-5-12/h3-10,17,19H,1-2H3. The van der Waals surface area contributed by atoms with Crippen molar-refractivity contribution in [1.29, 1.82) is 0 Å². The highest BCUT2D eigenvalue weighted by atomic mass is 79.9. The van der Waals surface area contributed by atoms with E-state index in [1.54, 1.807) is 0 Å². The molecule has 3 rings (SSSR count). The van der Waals surface area contributed by atoms with Gasteiger partial charge in [-0.1, -0.05) is 39.7 Å². The van der Waals surface area contributed by atoms with E-state index in [0.29, 0.717) is 0 Å². The van der Waals surface area contributed by atoms with Crippen molar-refractivity contribution in [3.05, 3.63) is 69.9 Å². The van der Waals surface area contributed by atoms with Crippen LogP contribution in [0.4, 0.5) is 0 Å². The zero-order valence-corrected chi connectivity index (χ0v) is 13.1. The minimum atomic E-state index is 0.0656. The number of hydrogen-bond donors (Lipinski definition) is 1. The van der Waals surface area contributed by atoms with Crippen molar-refractivity contribution in [2.24, 2.45) is 0 Å². The predicted molar refractivity (Wildman–Crippen MR) is 86.0 cm³/mol. The highest BCUT2D eigenvalue weighted by Crippen LogP contribution is 2.29. The maximum Gasteiger partial charge on any atom is 0.134 e. The summed E-state index contributed by atoms with van der Waals surface area (Å²) < 4.78 is 7.07. The molecule has 1 N–H and O–H groups in total. The monoisotopic (exact) mass is 329 g/mol. The van der Waals surface area contributed by atoms with E-state index < -0.39 is 0 Å². The van der Waals surface area contributed by atoms with Crippen LogP contribution in [0, 0.1) is 6.92 Å². The number of rotatable bonds is 3. The highest BCUT2D eigenvalue weighted by Gasteiger charge is 2.16. The van der Waals surface area contributed by atoms with E-state index >= 15 is 0 Å². The largest absolute Gasteiger partial charge is 0.459 e. The van der Waals surface area contributed by atoms with Gasteiger partial charge in [-0.3, -0.25) is 0 Å². The average Bonchev–Trinajstić information content (AvgIpc) is 2.84. The molecule has 0 saturated heterocycles. The molecule has 3 heteroatoms. The number of nitrogens with one attached hydrogen (secondary N) is 1. The van der Waals surface area contributed by atoms with Gasteiger partial charge in [0.2, 0.25) is 0 Å². The number of hydrogen-bond acceptors (Lipinski definition) is 2. The Hall–Kier alpha value is -1.58. The second-order valence-electron chi connectivity index (χ2n) is 4.96. The summed E-state index contributed by atoms with van der Waals surface area (Å²) in [4.78, 5) is 0. The van der Waals surface area contributed by atoms with Gasteiger partial charge in [-0.15, -0.1) is 0 Å². The second-order valence-corrected chi connectivity index (χ2v) is 5.88. The molecule has 1 heterocycles. The second kappa shape index (κ2) is 5.43. The Balaban J connectivity index is 2.04. The lowest BCUT2D eigenvalue weighted by Gasteiger charge is -2.13. The van der Waals surface area contributed by atoms with Crippen LogP contribution in [-0.2, 0) is 0 Å². The van der Waals surface area contributed by atoms with Crippen molar-refractivity contribution in [2.45, 2.75) is 13.0 Å². The van der Waals surface area contributed by atoms with Crippen LogP contribution in [-0.4, -0.2) is 7.05 Å². The Bertz CT molecular complexity index is 730. The molecule has 0 saturated carbocycles. The Morgan fingerprint density at radius 3 is 2.50 bits per heavy atom. The first-order chi connectivity index (χ1) is 9.67. The van der Waals surface area contributed by atoms with Gasteiger partial charge in [-0.2, -0.15) is 0 Å². The SMILES string of the molecule is CNC(c1ccc(Br)cc1)c1cc2cc(C)ccc2o1. The van der Waals surface area contributed by atoms with Crippen LogP contribution in [0.3, 0.4) is 0 Å². The van der Waals surface area contributed by atoms with Crippen molar-refractivity contribution in [3.63, 3.8) is 0 Å². The molecule has 2 aromatic carbocycles. The van der Waals surface area contributed by atoms with E-state index in [-0.39, 0.29) is 6.04 Å². The first-order valence-corrected chi connectivity index (χ1v) is 7.39. The summed E-state index contributed by atoms with van der Waals surface area (Å²) in [5, 5.41) is 4.47. The molecule has 0 radical (unpaired) electrons. The van der Waals surface area contributed by atoms with Gasteiger partial charge in [0.1, 0.15) is 11.3 Å². The first kappa shape index (κ1) is 13.4. The van der Waals surface area contributed by atoms with Gasteiger partial charge in [0.15, 0.2) is 0 Å². The summed E-state index contributed by atoms with van der Waals surface area (Å²) in [6.07, 6.45) is 0. The van der Waals surface area contributed by atoms with E-state index in [0.717, 1.165) is 21.2 Å². The maximum absolute atomic E-state index is 5.99. The van der Waals surface area contributed by atoms with Crippen LogP contribution in [0.1, 0.15) is 22.9 Å². The first-order valence-electron chi connectivity index (χ1n) is 6.60. The van der Waals surface area contributed by atoms with E-state index in [2.05, 4.69) is 58.5 Å². The summed E-state index contributed by atoms with van der Waals surface area (Å²) in [6, 6.07) is 16.7. The summed E-state index contributed by atoms with van der Waals surface area (Å²) in [5.74, 6) is 0.940. The average molecular weight is 330 g/mol. The fourth-order valence-electron chi connectivity index (χ4n) is 2.45. The summed E-state index contributed by atoms with van der Waals surface area (Å²) in [7, 11) is 1.95. The van der Waals surface area contributed by atoms with Crippen molar-refractivity contribution >= 4 is 26.9 Å². The summed E-state index contributed by atoms with van der Waals surface area (Å²) in [6.45, 7) is 2.09. The van der Waals surface area contributed by atoms with Crippen LogP contribution >= 0.6 is 15.9 Å². The van der Waals surface area contributed by atoms with Crippen molar-refractivity contribution in [1.82, 2.24) is 5.32 Å². The van der Waals surface area contributed by atoms with Gasteiger partial charge in [0.25, 0.3) is 0 Å². The lowest BCUT2D eigenvalue weighted by molar-refractivity contribution is 0.491. The molecule has 0 amide bonds. The predicted octanol–water partition coefficient (Wildman–Crippen LogP) is 4.81. The number of benzene rings is 2. The molecule has 1 unspecified atom stereocenters. The molecule has 0 spiro atoms. The van der Waals surface area contributed by atoms with E-state index in [4.69, 9.17) is 4.42 Å². The lowest BCUT2D eigenvalue weighted by atomic mass is 10.0. The topological polar surface area (TPSA) is 25.2 Å². The molecular formula is C17H16BrNO. The molecular weight excluding hydrogens is 314 g/mol. The van der Waals surface area contributed by atoms with Crippen LogP contribution < -0.4 is 5.32 Å². The normalized spacial score (nSPS) is 12.8. The van der Waals surface area contributed by atoms with Crippen molar-refractivity contribution < 1.29 is 4.42 Å². The molecule has 1 atom stereocenters. The summed E-state index contributed by atoms with van der Waals surface area (Å²) >= 11 is 3.46.